The van der Waals surface area contributed by atoms with E-state index in [1.165, 1.54) is 4.90 Å². The Bertz CT molecular complexity index is 1250. The van der Waals surface area contributed by atoms with Crippen molar-refractivity contribution in [2.24, 2.45) is 11.3 Å². The number of hydrogen-bond acceptors (Lipinski definition) is 6. The Hall–Kier alpha value is -3.36. The summed E-state index contributed by atoms with van der Waals surface area (Å²) in [6.45, 7) is 14.6. The number of benzene rings is 1. The molecule has 9 nitrogen and oxygen atoms in total. The minimum atomic E-state index is -1.14. The third-order valence-electron chi connectivity index (χ3n) is 5.40. The van der Waals surface area contributed by atoms with Crippen molar-refractivity contribution in [1.29, 1.82) is 0 Å². The van der Waals surface area contributed by atoms with Crippen molar-refractivity contribution in [3.63, 3.8) is 0 Å². The van der Waals surface area contributed by atoms with E-state index in [-0.39, 0.29) is 29.3 Å². The smallest absolute Gasteiger partial charge is 0.413 e. The van der Waals surface area contributed by atoms with E-state index in [1.54, 1.807) is 29.7 Å². The molecule has 0 saturated carbocycles. The van der Waals surface area contributed by atoms with Crippen LogP contribution >= 0.6 is 0 Å². The van der Waals surface area contributed by atoms with Crippen LogP contribution in [0.1, 0.15) is 60.3 Å². The van der Waals surface area contributed by atoms with Gasteiger partial charge in [0.2, 0.25) is 11.7 Å². The highest BCUT2D eigenvalue weighted by atomic mass is 16.5. The molecule has 0 aliphatic heterocycles. The van der Waals surface area contributed by atoms with Crippen LogP contribution in [0.25, 0.3) is 22.2 Å². The van der Waals surface area contributed by atoms with Gasteiger partial charge in [-0.15, -0.1) is 0 Å². The maximum Gasteiger partial charge on any atom is 0.413 e. The molecule has 3 rings (SSSR count). The number of carboxylic acid groups (broad SMARTS) is 1. The summed E-state index contributed by atoms with van der Waals surface area (Å²) in [5.41, 5.74) is 0.0402. The molecule has 35 heavy (non-hydrogen) atoms. The number of fused-ring (bicyclic) bond motifs is 1. The minimum Gasteiger partial charge on any atom is -0.489 e. The van der Waals surface area contributed by atoms with E-state index in [1.807, 2.05) is 34.6 Å². The van der Waals surface area contributed by atoms with Gasteiger partial charge in [0.25, 0.3) is 5.56 Å². The van der Waals surface area contributed by atoms with Crippen LogP contribution in [0.5, 0.6) is 5.75 Å². The van der Waals surface area contributed by atoms with Crippen LogP contribution in [-0.2, 0) is 6.54 Å². The molecule has 3 aromatic rings. The van der Waals surface area contributed by atoms with Crippen LogP contribution < -0.4 is 15.2 Å². The quantitative estimate of drug-likeness (QED) is 0.386. The number of aromatic nitrogens is 3. The predicted octanol–water partition coefficient (Wildman–Crippen LogP) is 5.73. The molecule has 0 spiro atoms. The molecule has 1 N–H and O–H groups in total. The number of anilines is 1. The molecule has 0 fully saturated rings. The highest BCUT2D eigenvalue weighted by molar-refractivity contribution is 5.98. The lowest BCUT2D eigenvalue weighted by Gasteiger charge is -2.32. The topological polar surface area (TPSA) is 111 Å². The van der Waals surface area contributed by atoms with Gasteiger partial charge < -0.3 is 14.4 Å². The zero-order chi connectivity index (χ0) is 25.9. The molecule has 1 amide bonds. The Morgan fingerprint density at radius 2 is 1.97 bits per heavy atom. The molecular formula is C26H36N4O5. The summed E-state index contributed by atoms with van der Waals surface area (Å²) in [7, 11) is 0. The lowest BCUT2D eigenvalue weighted by atomic mass is 9.96. The fourth-order valence-corrected chi connectivity index (χ4v) is 3.93. The van der Waals surface area contributed by atoms with Gasteiger partial charge in [0.1, 0.15) is 0 Å². The molecule has 0 radical (unpaired) electrons. The Kier molecular flexibility index (Phi) is 7.87. The number of amides is 1. The Labute approximate surface area is 205 Å². The van der Waals surface area contributed by atoms with Gasteiger partial charge in [-0.05, 0) is 29.9 Å². The lowest BCUT2D eigenvalue weighted by Crippen LogP contribution is -2.41. The summed E-state index contributed by atoms with van der Waals surface area (Å²) in [6.07, 6.45) is 0.568. The van der Waals surface area contributed by atoms with E-state index in [2.05, 4.69) is 17.1 Å². The molecule has 0 bridgehead atoms. The first-order valence-corrected chi connectivity index (χ1v) is 12.1. The first-order valence-electron chi connectivity index (χ1n) is 12.1. The van der Waals surface area contributed by atoms with Crippen LogP contribution in [0.4, 0.5) is 10.6 Å². The largest absolute Gasteiger partial charge is 0.489 e. The average Bonchev–Trinajstić information content (AvgIpc) is 3.20. The SMILES string of the molecule is CCCCOc1c(N(CC(C)(C)C)C(=O)O)n(CC(C)C)c(=O)c2ccc(-c3noc(C)n3)cc12. The van der Waals surface area contributed by atoms with Gasteiger partial charge in [0.15, 0.2) is 11.6 Å². The van der Waals surface area contributed by atoms with Crippen molar-refractivity contribution in [1.82, 2.24) is 14.7 Å². The number of aryl methyl sites for hydroxylation is 1. The molecule has 0 aliphatic carbocycles. The van der Waals surface area contributed by atoms with Gasteiger partial charge >= 0.3 is 6.09 Å². The molecule has 0 unspecified atom stereocenters. The monoisotopic (exact) mass is 484 g/mol. The van der Waals surface area contributed by atoms with Crippen LogP contribution in [0.15, 0.2) is 27.5 Å². The molecule has 0 atom stereocenters. The van der Waals surface area contributed by atoms with Gasteiger partial charge in [-0.1, -0.05) is 59.2 Å². The fraction of sp³-hybridized carbons (Fsp3) is 0.538. The zero-order valence-electron chi connectivity index (χ0n) is 21.7. The zero-order valence-corrected chi connectivity index (χ0v) is 21.7. The van der Waals surface area contributed by atoms with E-state index in [4.69, 9.17) is 9.26 Å². The number of rotatable bonds is 9. The van der Waals surface area contributed by atoms with E-state index in [0.29, 0.717) is 47.0 Å². The summed E-state index contributed by atoms with van der Waals surface area (Å²) >= 11 is 0. The first-order chi connectivity index (χ1) is 16.4. The second kappa shape index (κ2) is 10.5. The highest BCUT2D eigenvalue weighted by Crippen LogP contribution is 2.38. The molecular weight excluding hydrogens is 448 g/mol. The van der Waals surface area contributed by atoms with E-state index >= 15 is 0 Å². The summed E-state index contributed by atoms with van der Waals surface area (Å²) in [6, 6.07) is 5.27. The van der Waals surface area contributed by atoms with Crippen LogP contribution in [0, 0.1) is 18.3 Å². The number of carbonyl (C=O) groups is 1. The summed E-state index contributed by atoms with van der Waals surface area (Å²) in [5.74, 6) is 1.56. The third kappa shape index (κ3) is 6.01. The Morgan fingerprint density at radius 3 is 2.51 bits per heavy atom. The minimum absolute atomic E-state index is 0.110. The summed E-state index contributed by atoms with van der Waals surface area (Å²) in [5, 5.41) is 15.2. The summed E-state index contributed by atoms with van der Waals surface area (Å²) < 4.78 is 13.0. The molecule has 190 valence electrons. The number of nitrogens with zero attached hydrogens (tertiary/aromatic N) is 4. The van der Waals surface area contributed by atoms with E-state index in [9.17, 15) is 14.7 Å². The molecule has 0 saturated heterocycles. The number of hydrogen-bond donors (Lipinski definition) is 1. The fourth-order valence-electron chi connectivity index (χ4n) is 3.93. The Balaban J connectivity index is 2.40. The van der Waals surface area contributed by atoms with Crippen molar-refractivity contribution in [2.75, 3.05) is 18.1 Å². The third-order valence-corrected chi connectivity index (χ3v) is 5.40. The average molecular weight is 485 g/mol. The normalized spacial score (nSPS) is 11.9. The van der Waals surface area contributed by atoms with Gasteiger partial charge in [0, 0.05) is 31.0 Å². The van der Waals surface area contributed by atoms with Gasteiger partial charge in [-0.25, -0.2) is 4.79 Å². The van der Waals surface area contributed by atoms with E-state index in [0.717, 1.165) is 12.8 Å². The van der Waals surface area contributed by atoms with E-state index < -0.39 is 6.09 Å². The van der Waals surface area contributed by atoms with Crippen molar-refractivity contribution in [2.45, 2.75) is 67.9 Å². The predicted molar refractivity (Wildman–Crippen MR) is 136 cm³/mol. The lowest BCUT2D eigenvalue weighted by molar-refractivity contribution is 0.197. The Morgan fingerprint density at radius 1 is 1.26 bits per heavy atom. The maximum atomic E-state index is 13.7. The van der Waals surface area contributed by atoms with Crippen molar-refractivity contribution in [3.05, 3.63) is 34.4 Å². The second-order valence-electron chi connectivity index (χ2n) is 10.5. The molecule has 1 aromatic carbocycles. The van der Waals surface area contributed by atoms with Gasteiger partial charge in [-0.2, -0.15) is 4.98 Å². The molecule has 0 aliphatic rings. The summed E-state index contributed by atoms with van der Waals surface area (Å²) in [4.78, 5) is 31.9. The number of ether oxygens (including phenoxy) is 1. The first kappa shape index (κ1) is 26.2. The molecule has 9 heteroatoms. The number of pyridine rings is 1. The van der Waals surface area contributed by atoms with Crippen molar-refractivity contribution < 1.29 is 19.2 Å². The second-order valence-corrected chi connectivity index (χ2v) is 10.5. The van der Waals surface area contributed by atoms with Gasteiger partial charge in [-0.3, -0.25) is 14.3 Å². The van der Waals surface area contributed by atoms with Crippen LogP contribution in [-0.4, -0.2) is 39.1 Å². The number of unbranched alkanes of at least 4 members (excludes halogenated alkanes) is 1. The van der Waals surface area contributed by atoms with Crippen LogP contribution in [0.3, 0.4) is 0 Å². The highest BCUT2D eigenvalue weighted by Gasteiger charge is 2.30. The van der Waals surface area contributed by atoms with Crippen molar-refractivity contribution in [3.8, 4) is 17.1 Å². The van der Waals surface area contributed by atoms with Gasteiger partial charge in [0.05, 0.1) is 12.0 Å². The maximum absolute atomic E-state index is 13.7. The van der Waals surface area contributed by atoms with Crippen molar-refractivity contribution >= 4 is 22.7 Å². The molecule has 2 heterocycles. The molecule has 2 aromatic heterocycles. The van der Waals surface area contributed by atoms with Crippen LogP contribution in [0.2, 0.25) is 0 Å². The standard InChI is InChI=1S/C26H36N4O5/c1-8-9-12-34-21-20-13-18(22-27-17(4)35-28-22)10-11-19(20)24(31)29(14-16(2)3)23(21)30(25(32)33)15-26(5,6)7/h10-11,13,16H,8-9,12,14-15H2,1-7H3,(H,32,33).